The number of nitrogens with zero attached hydrogens (tertiary/aromatic N) is 1. The van der Waals surface area contributed by atoms with Gasteiger partial charge in [-0.3, -0.25) is 10.1 Å². The van der Waals surface area contributed by atoms with E-state index in [1.54, 1.807) is 20.8 Å². The van der Waals surface area contributed by atoms with E-state index in [0.717, 1.165) is 0 Å². The van der Waals surface area contributed by atoms with Crippen LogP contribution in [0.5, 0.6) is 0 Å². The average molecular weight is 309 g/mol. The number of carboxylic acids is 1. The molecule has 1 rings (SSSR count). The van der Waals surface area contributed by atoms with Crippen LogP contribution in [-0.4, -0.2) is 28.6 Å². The summed E-state index contributed by atoms with van der Waals surface area (Å²) in [4.78, 5) is 32.8. The van der Waals surface area contributed by atoms with Gasteiger partial charge < -0.3 is 20.0 Å². The number of carbonyl (C=O) groups excluding carboxylic acids is 2. The largest absolute Gasteiger partial charge is 0.548 e. The number of rotatable bonds is 5. The number of aliphatic carboxylic acids is 1. The van der Waals surface area contributed by atoms with Crippen molar-refractivity contribution in [3.05, 3.63) is 39.9 Å². The molecule has 0 saturated heterocycles. The summed E-state index contributed by atoms with van der Waals surface area (Å²) in [6, 6.07) is 4.15. The first kappa shape index (κ1) is 17.4. The Labute approximate surface area is 127 Å². The molecule has 0 radical (unpaired) electrons. The number of hydrogen-bond donors (Lipinski definition) is 1. The summed E-state index contributed by atoms with van der Waals surface area (Å²) in [6.45, 7) is 4.92. The first-order valence-electron chi connectivity index (χ1n) is 6.52. The highest BCUT2D eigenvalue weighted by Crippen LogP contribution is 2.15. The Kier molecular flexibility index (Phi) is 5.44. The number of carboxylic acid groups (broad SMARTS) is 1. The van der Waals surface area contributed by atoms with E-state index in [1.807, 2.05) is 0 Å². The quantitative estimate of drug-likeness (QED) is 0.633. The second-order valence-corrected chi connectivity index (χ2v) is 5.65. The minimum atomic E-state index is -1.50. The molecule has 1 N–H and O–H groups in total. The molecule has 8 heteroatoms. The summed E-state index contributed by atoms with van der Waals surface area (Å²) < 4.78 is 4.97. The van der Waals surface area contributed by atoms with Crippen molar-refractivity contribution < 1.29 is 24.4 Å². The summed E-state index contributed by atoms with van der Waals surface area (Å²) in [7, 11) is 0. The lowest BCUT2D eigenvalue weighted by Crippen LogP contribution is -2.50. The first-order chi connectivity index (χ1) is 10.1. The third-order valence-corrected chi connectivity index (χ3v) is 2.54. The van der Waals surface area contributed by atoms with Crippen LogP contribution < -0.4 is 10.4 Å². The van der Waals surface area contributed by atoms with Gasteiger partial charge in [-0.25, -0.2) is 4.79 Å². The van der Waals surface area contributed by atoms with Crippen LogP contribution in [0.4, 0.5) is 10.5 Å². The number of alkyl carbamates (subject to hydrolysis) is 1. The number of nitro groups is 1. The molecule has 0 aromatic heterocycles. The lowest BCUT2D eigenvalue weighted by molar-refractivity contribution is -0.384. The maximum atomic E-state index is 11.6. The molecular weight excluding hydrogens is 292 g/mol. The zero-order valence-corrected chi connectivity index (χ0v) is 12.5. The van der Waals surface area contributed by atoms with Gasteiger partial charge in [0.05, 0.1) is 16.9 Å². The summed E-state index contributed by atoms with van der Waals surface area (Å²) in [6.07, 6.45) is -1.05. The molecule has 0 aliphatic heterocycles. The molecule has 0 fully saturated rings. The zero-order valence-electron chi connectivity index (χ0n) is 12.5. The molecule has 0 unspecified atom stereocenters. The maximum absolute atomic E-state index is 11.6. The molecule has 0 bridgehead atoms. The van der Waals surface area contributed by atoms with E-state index in [2.05, 4.69) is 5.32 Å². The van der Waals surface area contributed by atoms with Crippen LogP contribution in [0.15, 0.2) is 24.3 Å². The van der Waals surface area contributed by atoms with E-state index in [9.17, 15) is 24.8 Å². The van der Waals surface area contributed by atoms with E-state index in [1.165, 1.54) is 24.3 Å². The fourth-order valence-corrected chi connectivity index (χ4v) is 1.68. The topological polar surface area (TPSA) is 122 Å². The third-order valence-electron chi connectivity index (χ3n) is 2.54. The van der Waals surface area contributed by atoms with E-state index >= 15 is 0 Å². The predicted molar refractivity (Wildman–Crippen MR) is 75.0 cm³/mol. The van der Waals surface area contributed by atoms with Crippen molar-refractivity contribution in [2.45, 2.75) is 38.8 Å². The fraction of sp³-hybridized carbons (Fsp3) is 0.429. The minimum absolute atomic E-state index is 0.150. The van der Waals surface area contributed by atoms with Gasteiger partial charge in [0.25, 0.3) is 5.69 Å². The van der Waals surface area contributed by atoms with Gasteiger partial charge in [0.2, 0.25) is 0 Å². The Morgan fingerprint density at radius 3 is 2.50 bits per heavy atom. The molecule has 0 aliphatic carbocycles. The lowest BCUT2D eigenvalue weighted by atomic mass is 10.1. The van der Waals surface area contributed by atoms with Crippen LogP contribution in [0.25, 0.3) is 0 Å². The van der Waals surface area contributed by atoms with Crippen LogP contribution in [-0.2, 0) is 16.0 Å². The van der Waals surface area contributed by atoms with Crippen LogP contribution in [0, 0.1) is 10.1 Å². The van der Waals surface area contributed by atoms with Crippen LogP contribution in [0.2, 0.25) is 0 Å². The first-order valence-corrected chi connectivity index (χ1v) is 6.52. The monoisotopic (exact) mass is 309 g/mol. The molecule has 120 valence electrons. The number of carbonyl (C=O) groups is 2. The molecule has 1 amide bonds. The van der Waals surface area contributed by atoms with Crippen molar-refractivity contribution in [2.75, 3.05) is 0 Å². The summed E-state index contributed by atoms with van der Waals surface area (Å²) in [5, 5.41) is 24.0. The minimum Gasteiger partial charge on any atom is -0.548 e. The highest BCUT2D eigenvalue weighted by Gasteiger charge is 2.21. The Morgan fingerprint density at radius 2 is 2.00 bits per heavy atom. The van der Waals surface area contributed by atoms with Crippen LogP contribution >= 0.6 is 0 Å². The van der Waals surface area contributed by atoms with Gasteiger partial charge in [0.1, 0.15) is 5.60 Å². The highest BCUT2D eigenvalue weighted by atomic mass is 16.6. The van der Waals surface area contributed by atoms with Gasteiger partial charge in [-0.05, 0) is 32.8 Å². The lowest BCUT2D eigenvalue weighted by Gasteiger charge is -2.24. The van der Waals surface area contributed by atoms with Crippen molar-refractivity contribution in [1.82, 2.24) is 5.32 Å². The van der Waals surface area contributed by atoms with Crippen LogP contribution in [0.3, 0.4) is 0 Å². The van der Waals surface area contributed by atoms with Gasteiger partial charge in [-0.1, -0.05) is 12.1 Å². The molecule has 0 spiro atoms. The molecule has 0 heterocycles. The fourth-order valence-electron chi connectivity index (χ4n) is 1.68. The van der Waals surface area contributed by atoms with Gasteiger partial charge >= 0.3 is 6.09 Å². The molecule has 8 nitrogen and oxygen atoms in total. The van der Waals surface area contributed by atoms with Crippen molar-refractivity contribution >= 4 is 17.7 Å². The molecule has 1 aromatic rings. The number of ether oxygens (including phenoxy) is 1. The van der Waals surface area contributed by atoms with Gasteiger partial charge in [0, 0.05) is 12.1 Å². The maximum Gasteiger partial charge on any atom is 0.408 e. The Morgan fingerprint density at radius 1 is 1.36 bits per heavy atom. The van der Waals surface area contributed by atoms with Gasteiger partial charge in [-0.2, -0.15) is 0 Å². The van der Waals surface area contributed by atoms with E-state index in [4.69, 9.17) is 4.74 Å². The van der Waals surface area contributed by atoms with Crippen molar-refractivity contribution in [3.63, 3.8) is 0 Å². The Bertz CT molecular complexity index is 579. The number of nitro benzene ring substituents is 1. The molecule has 0 aliphatic rings. The number of benzene rings is 1. The van der Waals surface area contributed by atoms with Crippen molar-refractivity contribution in [3.8, 4) is 0 Å². The zero-order chi connectivity index (χ0) is 16.9. The molecule has 0 saturated carbocycles. The number of non-ortho nitro benzene ring substituents is 1. The average Bonchev–Trinajstić information content (AvgIpc) is 2.35. The Balaban J connectivity index is 2.81. The predicted octanol–water partition coefficient (Wildman–Crippen LogP) is 0.780. The van der Waals surface area contributed by atoms with Crippen LogP contribution in [0.1, 0.15) is 26.3 Å². The number of amides is 1. The molecule has 22 heavy (non-hydrogen) atoms. The van der Waals surface area contributed by atoms with Crippen molar-refractivity contribution in [1.29, 1.82) is 0 Å². The standard InChI is InChI=1S/C14H18N2O6/c1-14(2,3)22-13(19)15-11(12(17)18)8-9-5-4-6-10(7-9)16(20)21/h4-7,11H,8H2,1-3H3,(H,15,19)(H,17,18)/p-1/t11-/m1/s1. The Hall–Kier alpha value is -2.64. The summed E-state index contributed by atoms with van der Waals surface area (Å²) in [5.74, 6) is -1.50. The number of nitrogens with one attached hydrogen (secondary N) is 1. The molecule has 1 aromatic carbocycles. The summed E-state index contributed by atoms with van der Waals surface area (Å²) >= 11 is 0. The number of hydrogen-bond acceptors (Lipinski definition) is 6. The van der Waals surface area contributed by atoms with E-state index in [-0.39, 0.29) is 12.1 Å². The van der Waals surface area contributed by atoms with Gasteiger partial charge in [-0.15, -0.1) is 0 Å². The van der Waals surface area contributed by atoms with Gasteiger partial charge in [0.15, 0.2) is 0 Å². The third kappa shape index (κ3) is 5.78. The highest BCUT2D eigenvalue weighted by molar-refractivity contribution is 5.79. The normalized spacial score (nSPS) is 12.3. The van der Waals surface area contributed by atoms with E-state index in [0.29, 0.717) is 5.56 Å². The SMILES string of the molecule is CC(C)(C)OC(=O)N[C@H](Cc1cccc([N+](=O)[O-])c1)C(=O)[O-]. The second-order valence-electron chi connectivity index (χ2n) is 5.65. The van der Waals surface area contributed by atoms with E-state index < -0.39 is 28.6 Å². The smallest absolute Gasteiger partial charge is 0.408 e. The summed E-state index contributed by atoms with van der Waals surface area (Å²) in [5.41, 5.74) is -0.544. The second kappa shape index (κ2) is 6.88. The molecular formula is C14H17N2O6-. The molecule has 1 atom stereocenters. The van der Waals surface area contributed by atoms with Crippen molar-refractivity contribution in [2.24, 2.45) is 0 Å².